The van der Waals surface area contributed by atoms with Crippen LogP contribution >= 0.6 is 11.3 Å². The van der Waals surface area contributed by atoms with Crippen molar-refractivity contribution in [2.24, 2.45) is 0 Å². The molecule has 0 aliphatic carbocycles. The molecule has 0 bridgehead atoms. The van der Waals surface area contributed by atoms with Crippen LogP contribution in [0, 0.1) is 12.7 Å². The molecular weight excluding hydrogens is 546 g/mol. The summed E-state index contributed by atoms with van der Waals surface area (Å²) in [6.07, 6.45) is -4.10. The molecule has 206 valence electrons. The Morgan fingerprint density at radius 1 is 1.21 bits per heavy atom. The van der Waals surface area contributed by atoms with Crippen molar-refractivity contribution in [1.29, 1.82) is 0 Å². The first kappa shape index (κ1) is 29.5. The van der Waals surface area contributed by atoms with Gasteiger partial charge < -0.3 is 10.0 Å². The first-order valence-electron chi connectivity index (χ1n) is 11.5. The number of likely N-dealkylation sites (tertiary alicyclic amines) is 1. The van der Waals surface area contributed by atoms with E-state index in [1.165, 1.54) is 23.0 Å². The summed E-state index contributed by atoms with van der Waals surface area (Å²) in [7, 11) is -1.84. The molecule has 2 aromatic carbocycles. The van der Waals surface area contributed by atoms with Gasteiger partial charge in [-0.2, -0.15) is 13.2 Å². The van der Waals surface area contributed by atoms with Gasteiger partial charge in [-0.15, -0.1) is 11.3 Å². The van der Waals surface area contributed by atoms with Gasteiger partial charge in [-0.3, -0.25) is 4.90 Å². The third-order valence-electron chi connectivity index (χ3n) is 6.15. The topological polar surface area (TPSA) is 90.8 Å². The lowest BCUT2D eigenvalue weighted by atomic mass is 10.1. The zero-order chi connectivity index (χ0) is 28.1. The van der Waals surface area contributed by atoms with Crippen LogP contribution < -0.4 is 4.90 Å². The Bertz CT molecular complexity index is 1330. The van der Waals surface area contributed by atoms with Crippen LogP contribution in [0.25, 0.3) is 0 Å². The Labute approximate surface area is 222 Å². The summed E-state index contributed by atoms with van der Waals surface area (Å²) in [5.41, 5.74) is 4.39. The lowest BCUT2D eigenvalue weighted by molar-refractivity contribution is -0.192. The molecular formula is C25H27F4N3O4S2. The Kier molecular flexibility index (Phi) is 9.49. The molecule has 0 amide bonds. The van der Waals surface area contributed by atoms with E-state index in [0.29, 0.717) is 11.3 Å². The number of hydrogen-bond donors (Lipinski definition) is 1. The lowest BCUT2D eigenvalue weighted by Crippen LogP contribution is -2.35. The minimum Gasteiger partial charge on any atom is -0.475 e. The summed E-state index contributed by atoms with van der Waals surface area (Å²) in [5, 5.41) is 8.80. The first-order valence-corrected chi connectivity index (χ1v) is 14.1. The van der Waals surface area contributed by atoms with Crippen molar-refractivity contribution in [3.8, 4) is 0 Å². The molecule has 0 unspecified atom stereocenters. The van der Waals surface area contributed by atoms with Crippen molar-refractivity contribution < 1.29 is 35.9 Å². The molecule has 0 saturated carbocycles. The van der Waals surface area contributed by atoms with Crippen molar-refractivity contribution in [2.75, 3.05) is 25.0 Å². The predicted molar refractivity (Wildman–Crippen MR) is 136 cm³/mol. The van der Waals surface area contributed by atoms with Crippen molar-refractivity contribution in [3.05, 3.63) is 76.0 Å². The molecule has 1 fully saturated rings. The van der Waals surface area contributed by atoms with E-state index in [9.17, 15) is 21.6 Å². The molecule has 3 aromatic rings. The van der Waals surface area contributed by atoms with E-state index in [1.54, 1.807) is 23.9 Å². The number of nitrogens with zero attached hydrogens (tertiary/aromatic N) is 3. The summed E-state index contributed by atoms with van der Waals surface area (Å²) >= 11 is 1.32. The lowest BCUT2D eigenvalue weighted by Gasteiger charge is -2.29. The third kappa shape index (κ3) is 7.51. The van der Waals surface area contributed by atoms with Gasteiger partial charge in [-0.1, -0.05) is 30.3 Å². The predicted octanol–water partition coefficient (Wildman–Crippen LogP) is 4.91. The van der Waals surface area contributed by atoms with Gasteiger partial charge in [0.05, 0.1) is 17.0 Å². The summed E-state index contributed by atoms with van der Waals surface area (Å²) in [6.45, 7) is 4.41. The van der Waals surface area contributed by atoms with Crippen LogP contribution in [-0.4, -0.2) is 61.7 Å². The quantitative estimate of drug-likeness (QED) is 0.402. The molecule has 0 spiro atoms. The maximum Gasteiger partial charge on any atom is 0.490 e. The van der Waals surface area contributed by atoms with Crippen LogP contribution in [-0.2, 0) is 26.9 Å². The van der Waals surface area contributed by atoms with Crippen LogP contribution in [0.1, 0.15) is 23.2 Å². The maximum atomic E-state index is 15.2. The van der Waals surface area contributed by atoms with Crippen molar-refractivity contribution in [1.82, 2.24) is 9.88 Å². The zero-order valence-electron chi connectivity index (χ0n) is 20.7. The second-order valence-corrected chi connectivity index (χ2v) is 11.5. The SMILES string of the molecule is Cc1c(N(C)[C@H]2CCN(Cc3ccccc3)C2)ccc(S(=O)(=O)Cc2cscn2)c1F.O=C(O)C(F)(F)F. The van der Waals surface area contributed by atoms with E-state index in [4.69, 9.17) is 9.90 Å². The molecule has 13 heteroatoms. The Hall–Kier alpha value is -3.03. The van der Waals surface area contributed by atoms with Gasteiger partial charge in [0.25, 0.3) is 0 Å². The van der Waals surface area contributed by atoms with Gasteiger partial charge in [-0.25, -0.2) is 22.6 Å². The largest absolute Gasteiger partial charge is 0.490 e. The van der Waals surface area contributed by atoms with Crippen molar-refractivity contribution in [3.63, 3.8) is 0 Å². The van der Waals surface area contributed by atoms with Crippen LogP contribution in [0.5, 0.6) is 0 Å². The number of aliphatic carboxylic acids is 1. The zero-order valence-corrected chi connectivity index (χ0v) is 22.3. The summed E-state index contributed by atoms with van der Waals surface area (Å²) in [5.74, 6) is -3.72. The van der Waals surface area contributed by atoms with Gasteiger partial charge in [0.15, 0.2) is 9.84 Å². The number of alkyl halides is 3. The summed E-state index contributed by atoms with van der Waals surface area (Å²) in [4.78, 5) is 17.1. The standard InChI is InChI=1S/C23H26FN3O2S2.C2HF3O2/c1-17-21(8-9-22(23(17)24)31(28,29)15-19-14-30-16-25-19)26(2)20-10-11-27(13-20)12-18-6-4-3-5-7-18;3-2(4,5)1(6)7/h3-9,14,16,20H,10-13,15H2,1-2H3;(H,6,7)/t20-;/m0./s1. The molecule has 1 atom stereocenters. The minimum atomic E-state index is -5.08. The number of carbonyl (C=O) groups is 1. The highest BCUT2D eigenvalue weighted by Crippen LogP contribution is 2.31. The molecule has 7 nitrogen and oxygen atoms in total. The monoisotopic (exact) mass is 573 g/mol. The maximum absolute atomic E-state index is 15.2. The van der Waals surface area contributed by atoms with E-state index in [0.717, 1.165) is 31.7 Å². The molecule has 1 aliphatic rings. The fraction of sp³-hybridized carbons (Fsp3) is 0.360. The van der Waals surface area contributed by atoms with Gasteiger partial charge in [-0.05, 0) is 31.0 Å². The highest BCUT2D eigenvalue weighted by Gasteiger charge is 2.38. The minimum absolute atomic E-state index is 0.249. The molecule has 4 rings (SSSR count). The second kappa shape index (κ2) is 12.2. The highest BCUT2D eigenvalue weighted by atomic mass is 32.2. The van der Waals surface area contributed by atoms with E-state index in [1.807, 2.05) is 25.2 Å². The molecule has 2 heterocycles. The van der Waals surface area contributed by atoms with E-state index in [-0.39, 0.29) is 16.7 Å². The highest BCUT2D eigenvalue weighted by molar-refractivity contribution is 7.90. The fourth-order valence-electron chi connectivity index (χ4n) is 4.16. The van der Waals surface area contributed by atoms with Gasteiger partial charge in [0.1, 0.15) is 10.7 Å². The first-order chi connectivity index (χ1) is 17.8. The smallest absolute Gasteiger partial charge is 0.475 e. The molecule has 1 aliphatic heterocycles. The Morgan fingerprint density at radius 3 is 2.45 bits per heavy atom. The van der Waals surface area contributed by atoms with Gasteiger partial charge in [0.2, 0.25) is 0 Å². The molecule has 0 radical (unpaired) electrons. The summed E-state index contributed by atoms with van der Waals surface area (Å²) in [6, 6.07) is 13.7. The molecule has 1 N–H and O–H groups in total. The normalized spacial score (nSPS) is 16.1. The number of carboxylic acids is 1. The number of anilines is 1. The van der Waals surface area contributed by atoms with Gasteiger partial charge in [0, 0.05) is 49.4 Å². The molecule has 38 heavy (non-hydrogen) atoms. The number of aromatic nitrogens is 1. The second-order valence-electron chi connectivity index (χ2n) is 8.84. The molecule has 1 aromatic heterocycles. The number of halogens is 4. The third-order valence-corrected chi connectivity index (χ3v) is 8.44. The summed E-state index contributed by atoms with van der Waals surface area (Å²) < 4.78 is 72.4. The number of hydrogen-bond acceptors (Lipinski definition) is 7. The van der Waals surface area contributed by atoms with Crippen LogP contribution in [0.15, 0.2) is 58.3 Å². The Morgan fingerprint density at radius 2 is 1.87 bits per heavy atom. The number of rotatable bonds is 7. The average Bonchev–Trinajstić information content (AvgIpc) is 3.52. The Balaban J connectivity index is 0.000000505. The number of benzene rings is 2. The van der Waals surface area contributed by atoms with Crippen LogP contribution in [0.4, 0.5) is 23.2 Å². The number of thiazole rings is 1. The molecule has 1 saturated heterocycles. The van der Waals surface area contributed by atoms with E-state index >= 15 is 4.39 Å². The van der Waals surface area contributed by atoms with Crippen LogP contribution in [0.3, 0.4) is 0 Å². The van der Waals surface area contributed by atoms with E-state index in [2.05, 4.69) is 26.9 Å². The average molecular weight is 574 g/mol. The number of carboxylic acid groups (broad SMARTS) is 1. The van der Waals surface area contributed by atoms with Crippen LogP contribution in [0.2, 0.25) is 0 Å². The number of likely N-dealkylation sites (N-methyl/N-ethyl adjacent to an activating group) is 1. The van der Waals surface area contributed by atoms with E-state index < -0.39 is 27.8 Å². The number of sulfone groups is 1. The fourth-order valence-corrected chi connectivity index (χ4v) is 6.23. The van der Waals surface area contributed by atoms with Crippen molar-refractivity contribution >= 4 is 32.8 Å². The van der Waals surface area contributed by atoms with Crippen molar-refractivity contribution in [2.45, 2.75) is 42.8 Å². The van der Waals surface area contributed by atoms with Gasteiger partial charge >= 0.3 is 12.1 Å².